The lowest BCUT2D eigenvalue weighted by Gasteiger charge is -2.28. The van der Waals surface area contributed by atoms with Gasteiger partial charge in [-0.3, -0.25) is 0 Å². The van der Waals surface area contributed by atoms with Crippen LogP contribution in [-0.2, 0) is 0 Å². The molecule has 1 fully saturated rings. The van der Waals surface area contributed by atoms with Crippen molar-refractivity contribution in [3.05, 3.63) is 46.5 Å². The van der Waals surface area contributed by atoms with Crippen LogP contribution in [-0.4, -0.2) is 41.6 Å². The Morgan fingerprint density at radius 1 is 1.14 bits per heavy atom. The van der Waals surface area contributed by atoms with E-state index in [-0.39, 0.29) is 0 Å². The molecule has 1 aliphatic rings. The summed E-state index contributed by atoms with van der Waals surface area (Å²) in [5.41, 5.74) is 5.27. The fraction of sp³-hybridized carbons (Fsp3) is 0.458. The standard InChI is InChI=1S/C24H30ClN3O/c1-16-14-20(29-12-4-5-18-8-10-28(3)11-9-18)6-7-21(16)24-26-22-15-19(25)13-17(2)23(22)27-24/h6-7,13-15,18H,4-5,8-12H2,1-3H3,(H,26,27). The molecule has 1 aliphatic heterocycles. The molecular formula is C24H30ClN3O. The van der Waals surface area contributed by atoms with E-state index in [1.807, 2.05) is 25.1 Å². The first-order valence-electron chi connectivity index (χ1n) is 10.6. The number of piperidine rings is 1. The molecule has 2 aromatic carbocycles. The maximum atomic E-state index is 6.18. The van der Waals surface area contributed by atoms with Gasteiger partial charge in [-0.2, -0.15) is 0 Å². The van der Waals surface area contributed by atoms with Gasteiger partial charge >= 0.3 is 0 Å². The zero-order valence-corrected chi connectivity index (χ0v) is 18.4. The molecule has 1 saturated heterocycles. The number of aromatic nitrogens is 2. The summed E-state index contributed by atoms with van der Waals surface area (Å²) in [5.74, 6) is 2.67. The summed E-state index contributed by atoms with van der Waals surface area (Å²) < 4.78 is 6.03. The Kier molecular flexibility index (Phi) is 6.12. The number of likely N-dealkylation sites (tertiary alicyclic amines) is 1. The minimum atomic E-state index is 0.728. The van der Waals surface area contributed by atoms with Gasteiger partial charge in [-0.15, -0.1) is 0 Å². The predicted octanol–water partition coefficient (Wildman–Crippen LogP) is 6.00. The van der Waals surface area contributed by atoms with Crippen LogP contribution in [0.5, 0.6) is 5.75 Å². The topological polar surface area (TPSA) is 41.1 Å². The van der Waals surface area contributed by atoms with Crippen molar-refractivity contribution < 1.29 is 4.74 Å². The molecule has 0 unspecified atom stereocenters. The number of hydrogen-bond donors (Lipinski definition) is 1. The van der Waals surface area contributed by atoms with E-state index in [4.69, 9.17) is 21.3 Å². The number of aryl methyl sites for hydroxylation is 2. The molecule has 1 N–H and O–H groups in total. The fourth-order valence-corrected chi connectivity index (χ4v) is 4.55. The van der Waals surface area contributed by atoms with Crippen LogP contribution in [0.3, 0.4) is 0 Å². The third kappa shape index (κ3) is 4.76. The average Bonchev–Trinajstić information content (AvgIpc) is 3.11. The van der Waals surface area contributed by atoms with Crippen LogP contribution in [0.25, 0.3) is 22.4 Å². The van der Waals surface area contributed by atoms with Gasteiger partial charge in [0.2, 0.25) is 0 Å². The van der Waals surface area contributed by atoms with E-state index >= 15 is 0 Å². The Balaban J connectivity index is 1.37. The smallest absolute Gasteiger partial charge is 0.138 e. The van der Waals surface area contributed by atoms with Crippen molar-refractivity contribution in [3.63, 3.8) is 0 Å². The first-order chi connectivity index (χ1) is 14.0. The maximum Gasteiger partial charge on any atom is 0.138 e. The van der Waals surface area contributed by atoms with E-state index in [9.17, 15) is 0 Å². The first-order valence-corrected chi connectivity index (χ1v) is 11.0. The van der Waals surface area contributed by atoms with Crippen LogP contribution >= 0.6 is 11.6 Å². The van der Waals surface area contributed by atoms with Crippen LogP contribution in [0.4, 0.5) is 0 Å². The van der Waals surface area contributed by atoms with E-state index in [1.165, 1.54) is 32.4 Å². The Morgan fingerprint density at radius 2 is 1.93 bits per heavy atom. The highest BCUT2D eigenvalue weighted by atomic mass is 35.5. The third-order valence-corrected chi connectivity index (χ3v) is 6.28. The summed E-state index contributed by atoms with van der Waals surface area (Å²) in [4.78, 5) is 10.6. The van der Waals surface area contributed by atoms with Gasteiger partial charge in [0.15, 0.2) is 0 Å². The highest BCUT2D eigenvalue weighted by Gasteiger charge is 2.16. The molecule has 4 rings (SSSR count). The highest BCUT2D eigenvalue weighted by Crippen LogP contribution is 2.29. The summed E-state index contributed by atoms with van der Waals surface area (Å²) in [7, 11) is 2.22. The fourth-order valence-electron chi connectivity index (χ4n) is 4.28. The zero-order valence-electron chi connectivity index (χ0n) is 17.6. The lowest BCUT2D eigenvalue weighted by atomic mass is 9.93. The average molecular weight is 412 g/mol. The van der Waals surface area contributed by atoms with Gasteiger partial charge in [-0.1, -0.05) is 11.6 Å². The van der Waals surface area contributed by atoms with Gasteiger partial charge in [0, 0.05) is 10.6 Å². The van der Waals surface area contributed by atoms with Gasteiger partial charge in [0.1, 0.15) is 11.6 Å². The van der Waals surface area contributed by atoms with E-state index in [2.05, 4.69) is 36.0 Å². The van der Waals surface area contributed by atoms with Crippen molar-refractivity contribution >= 4 is 22.6 Å². The van der Waals surface area contributed by atoms with Gasteiger partial charge in [-0.05, 0) is 107 Å². The van der Waals surface area contributed by atoms with Crippen LogP contribution < -0.4 is 4.74 Å². The summed E-state index contributed by atoms with van der Waals surface area (Å²) in [6.45, 7) is 7.40. The second kappa shape index (κ2) is 8.76. The molecule has 4 nitrogen and oxygen atoms in total. The number of benzene rings is 2. The van der Waals surface area contributed by atoms with E-state index in [0.29, 0.717) is 0 Å². The monoisotopic (exact) mass is 411 g/mol. The maximum absolute atomic E-state index is 6.18. The van der Waals surface area contributed by atoms with Crippen LogP contribution in [0.2, 0.25) is 5.02 Å². The van der Waals surface area contributed by atoms with Crippen molar-refractivity contribution in [2.75, 3.05) is 26.7 Å². The Hall–Kier alpha value is -2.04. The SMILES string of the molecule is Cc1cc(OCCCC2CCN(C)CC2)ccc1-c1nc2c(C)cc(Cl)cc2[nH]1. The van der Waals surface area contributed by atoms with Gasteiger partial charge in [-0.25, -0.2) is 4.98 Å². The number of ether oxygens (including phenoxy) is 1. The zero-order chi connectivity index (χ0) is 20.4. The molecule has 3 aromatic rings. The van der Waals surface area contributed by atoms with Crippen molar-refractivity contribution in [1.82, 2.24) is 14.9 Å². The minimum Gasteiger partial charge on any atom is -0.494 e. The van der Waals surface area contributed by atoms with Gasteiger partial charge in [0.05, 0.1) is 17.6 Å². The largest absolute Gasteiger partial charge is 0.494 e. The molecule has 0 atom stereocenters. The summed E-state index contributed by atoms with van der Waals surface area (Å²) in [5, 5.41) is 0.728. The van der Waals surface area contributed by atoms with Gasteiger partial charge < -0.3 is 14.6 Å². The minimum absolute atomic E-state index is 0.728. The quantitative estimate of drug-likeness (QED) is 0.505. The summed E-state index contributed by atoms with van der Waals surface area (Å²) >= 11 is 6.18. The first kappa shape index (κ1) is 20.2. The van der Waals surface area contributed by atoms with Crippen LogP contribution in [0.15, 0.2) is 30.3 Å². The second-order valence-electron chi connectivity index (χ2n) is 8.42. The number of aromatic amines is 1. The molecular weight excluding hydrogens is 382 g/mol. The molecule has 0 saturated carbocycles. The molecule has 5 heteroatoms. The predicted molar refractivity (Wildman–Crippen MR) is 121 cm³/mol. The highest BCUT2D eigenvalue weighted by molar-refractivity contribution is 6.31. The Bertz CT molecular complexity index is 989. The Labute approximate surface area is 178 Å². The normalized spacial score (nSPS) is 15.9. The molecule has 0 radical (unpaired) electrons. The number of imidazole rings is 1. The van der Waals surface area contributed by atoms with Gasteiger partial charge in [0.25, 0.3) is 0 Å². The number of rotatable bonds is 6. The molecule has 0 bridgehead atoms. The number of fused-ring (bicyclic) bond motifs is 1. The number of halogens is 1. The molecule has 0 aliphatic carbocycles. The third-order valence-electron chi connectivity index (χ3n) is 6.06. The molecule has 2 heterocycles. The van der Waals surface area contributed by atoms with Crippen molar-refractivity contribution in [2.45, 2.75) is 39.5 Å². The van der Waals surface area contributed by atoms with Crippen molar-refractivity contribution in [1.29, 1.82) is 0 Å². The van der Waals surface area contributed by atoms with Crippen molar-refractivity contribution in [2.24, 2.45) is 5.92 Å². The molecule has 154 valence electrons. The number of nitrogens with zero attached hydrogens (tertiary/aromatic N) is 2. The molecule has 0 amide bonds. The van der Waals surface area contributed by atoms with Crippen LogP contribution in [0, 0.1) is 19.8 Å². The van der Waals surface area contributed by atoms with E-state index in [1.54, 1.807) is 0 Å². The van der Waals surface area contributed by atoms with Crippen LogP contribution in [0.1, 0.15) is 36.8 Å². The number of nitrogens with one attached hydrogen (secondary N) is 1. The lowest BCUT2D eigenvalue weighted by Crippen LogP contribution is -2.30. The Morgan fingerprint density at radius 3 is 2.69 bits per heavy atom. The summed E-state index contributed by atoms with van der Waals surface area (Å²) in [6, 6.07) is 10.1. The van der Waals surface area contributed by atoms with E-state index in [0.717, 1.165) is 63.3 Å². The molecule has 29 heavy (non-hydrogen) atoms. The molecule has 1 aromatic heterocycles. The number of H-pyrrole nitrogens is 1. The number of hydrogen-bond acceptors (Lipinski definition) is 3. The van der Waals surface area contributed by atoms with E-state index < -0.39 is 0 Å². The molecule has 0 spiro atoms. The summed E-state index contributed by atoms with van der Waals surface area (Å²) in [6.07, 6.45) is 5.05. The van der Waals surface area contributed by atoms with Crippen molar-refractivity contribution in [3.8, 4) is 17.1 Å². The lowest BCUT2D eigenvalue weighted by molar-refractivity contribution is 0.200. The second-order valence-corrected chi connectivity index (χ2v) is 8.85.